The molecule has 0 aliphatic rings. The normalized spacial score (nSPS) is 9.81. The van der Waals surface area contributed by atoms with Crippen LogP contribution in [0.2, 0.25) is 0 Å². The third kappa shape index (κ3) is 3.80. The number of hydrogen-bond acceptors (Lipinski definition) is 6. The van der Waals surface area contributed by atoms with Crippen molar-refractivity contribution < 1.29 is 8.42 Å². The second-order valence-electron chi connectivity index (χ2n) is 3.71. The van der Waals surface area contributed by atoms with E-state index in [1.807, 2.05) is 0 Å². The molecule has 1 aromatic rings. The van der Waals surface area contributed by atoms with Crippen LogP contribution in [0.25, 0.3) is 0 Å². The molecule has 1 aromatic carbocycles. The lowest BCUT2D eigenvalue weighted by atomic mass is 10.2. The van der Waals surface area contributed by atoms with Gasteiger partial charge in [-0.15, -0.1) is 0 Å². The summed E-state index contributed by atoms with van der Waals surface area (Å²) in [5.74, 6) is 0. The molecule has 0 aliphatic heterocycles. The van der Waals surface area contributed by atoms with Gasteiger partial charge in [0.25, 0.3) is 0 Å². The Labute approximate surface area is 122 Å². The fourth-order valence-electron chi connectivity index (χ4n) is 1.49. The lowest BCUT2D eigenvalue weighted by Crippen LogP contribution is -2.24. The monoisotopic (exact) mass is 301 g/mol. The summed E-state index contributed by atoms with van der Waals surface area (Å²) in [5, 5.41) is 29.0. The van der Waals surface area contributed by atoms with Crippen molar-refractivity contribution in [3.05, 3.63) is 35.5 Å². The topological polar surface area (TPSA) is 130 Å². The molecular formula is C13H11N5O2S. The standard InChI is InChI=1S/C13H11N5O2S/c1-2-17-21(19,20)13-6-4-3-5-11(13)18-12(9-16)10(7-14)8-15/h3-6,17-18H,2H2,1H3. The fourth-order valence-corrected chi connectivity index (χ4v) is 2.69. The second-order valence-corrected chi connectivity index (χ2v) is 5.44. The molecular weight excluding hydrogens is 290 g/mol. The maximum absolute atomic E-state index is 12.1. The number of para-hydroxylation sites is 1. The summed E-state index contributed by atoms with van der Waals surface area (Å²) < 4.78 is 26.4. The third-order valence-corrected chi connectivity index (χ3v) is 3.96. The number of anilines is 1. The van der Waals surface area contributed by atoms with Gasteiger partial charge in [-0.1, -0.05) is 19.1 Å². The zero-order valence-corrected chi connectivity index (χ0v) is 11.9. The van der Waals surface area contributed by atoms with E-state index in [1.165, 1.54) is 18.2 Å². The zero-order chi connectivity index (χ0) is 15.9. The Bertz CT molecular complexity index is 775. The average Bonchev–Trinajstić information content (AvgIpc) is 2.47. The minimum atomic E-state index is -3.74. The van der Waals surface area contributed by atoms with Gasteiger partial charge in [0.05, 0.1) is 5.69 Å². The number of sulfonamides is 1. The Hall–Kier alpha value is -2.86. The predicted molar refractivity (Wildman–Crippen MR) is 74.8 cm³/mol. The van der Waals surface area contributed by atoms with E-state index in [1.54, 1.807) is 31.2 Å². The highest BCUT2D eigenvalue weighted by molar-refractivity contribution is 7.89. The summed E-state index contributed by atoms with van der Waals surface area (Å²) in [5.41, 5.74) is -0.620. The first-order chi connectivity index (χ1) is 10.00. The molecule has 8 heteroatoms. The van der Waals surface area contributed by atoms with Gasteiger partial charge in [-0.3, -0.25) is 0 Å². The van der Waals surface area contributed by atoms with Crippen molar-refractivity contribution in [3.8, 4) is 18.2 Å². The van der Waals surface area contributed by atoms with Crippen LogP contribution >= 0.6 is 0 Å². The van der Waals surface area contributed by atoms with Crippen molar-refractivity contribution in [1.82, 2.24) is 4.72 Å². The Morgan fingerprint density at radius 1 is 1.14 bits per heavy atom. The number of rotatable bonds is 5. The van der Waals surface area contributed by atoms with Gasteiger partial charge in [0, 0.05) is 6.54 Å². The first-order valence-corrected chi connectivity index (χ1v) is 7.28. The van der Waals surface area contributed by atoms with Gasteiger partial charge in [-0.05, 0) is 12.1 Å². The highest BCUT2D eigenvalue weighted by atomic mass is 32.2. The second kappa shape index (κ2) is 7.06. The minimum absolute atomic E-state index is 0.0742. The van der Waals surface area contributed by atoms with Crippen LogP contribution in [0.5, 0.6) is 0 Å². The molecule has 0 amide bonds. The van der Waals surface area contributed by atoms with Crippen LogP contribution < -0.4 is 10.0 Å². The maximum atomic E-state index is 12.1. The van der Waals surface area contributed by atoms with Gasteiger partial charge in [0.1, 0.15) is 28.8 Å². The van der Waals surface area contributed by atoms with Crippen LogP contribution in [0.3, 0.4) is 0 Å². The first-order valence-electron chi connectivity index (χ1n) is 5.80. The Morgan fingerprint density at radius 3 is 2.29 bits per heavy atom. The molecule has 1 rings (SSSR count). The SMILES string of the molecule is CCNS(=O)(=O)c1ccccc1NC(C#N)=C(C#N)C#N. The zero-order valence-electron chi connectivity index (χ0n) is 11.1. The minimum Gasteiger partial charge on any atom is -0.344 e. The average molecular weight is 301 g/mol. The van der Waals surface area contributed by atoms with Gasteiger partial charge in [-0.25, -0.2) is 13.1 Å². The van der Waals surface area contributed by atoms with E-state index in [-0.39, 0.29) is 22.8 Å². The van der Waals surface area contributed by atoms with Crippen molar-refractivity contribution in [3.63, 3.8) is 0 Å². The van der Waals surface area contributed by atoms with Gasteiger partial charge in [-0.2, -0.15) is 15.8 Å². The number of benzene rings is 1. The van der Waals surface area contributed by atoms with E-state index in [9.17, 15) is 8.42 Å². The molecule has 0 saturated heterocycles. The molecule has 0 spiro atoms. The van der Waals surface area contributed by atoms with Gasteiger partial charge >= 0.3 is 0 Å². The molecule has 0 bridgehead atoms. The van der Waals surface area contributed by atoms with Crippen molar-refractivity contribution >= 4 is 15.7 Å². The molecule has 0 aromatic heterocycles. The molecule has 7 nitrogen and oxygen atoms in total. The molecule has 0 atom stereocenters. The van der Waals surface area contributed by atoms with Crippen molar-refractivity contribution in [2.45, 2.75) is 11.8 Å². The van der Waals surface area contributed by atoms with Crippen molar-refractivity contribution in [2.24, 2.45) is 0 Å². The van der Waals surface area contributed by atoms with Crippen LogP contribution in [0.1, 0.15) is 6.92 Å². The Balaban J connectivity index is 3.37. The summed E-state index contributed by atoms with van der Waals surface area (Å²) in [4.78, 5) is -0.0742. The van der Waals surface area contributed by atoms with E-state index in [0.717, 1.165) is 0 Å². The quantitative estimate of drug-likeness (QED) is 0.786. The van der Waals surface area contributed by atoms with Crippen molar-refractivity contribution in [2.75, 3.05) is 11.9 Å². The van der Waals surface area contributed by atoms with Crippen LogP contribution in [0.4, 0.5) is 5.69 Å². The number of nitrogens with one attached hydrogen (secondary N) is 2. The highest BCUT2D eigenvalue weighted by Gasteiger charge is 2.18. The lowest BCUT2D eigenvalue weighted by Gasteiger charge is -2.11. The first kappa shape index (κ1) is 16.2. The van der Waals surface area contributed by atoms with Crippen LogP contribution in [0, 0.1) is 34.0 Å². The smallest absolute Gasteiger partial charge is 0.242 e. The van der Waals surface area contributed by atoms with Crippen LogP contribution in [0.15, 0.2) is 40.4 Å². The molecule has 106 valence electrons. The van der Waals surface area contributed by atoms with Crippen molar-refractivity contribution in [1.29, 1.82) is 15.8 Å². The lowest BCUT2D eigenvalue weighted by molar-refractivity contribution is 0.584. The number of hydrogen-bond donors (Lipinski definition) is 2. The van der Waals surface area contributed by atoms with E-state index in [4.69, 9.17) is 15.8 Å². The largest absolute Gasteiger partial charge is 0.344 e. The molecule has 21 heavy (non-hydrogen) atoms. The molecule has 2 N–H and O–H groups in total. The number of nitrogens with zero attached hydrogens (tertiary/aromatic N) is 3. The molecule has 0 radical (unpaired) electrons. The summed E-state index contributed by atoms with van der Waals surface area (Å²) in [6, 6.07) is 10.7. The number of nitriles is 3. The Morgan fingerprint density at radius 2 is 1.76 bits per heavy atom. The molecule has 0 unspecified atom stereocenters. The van der Waals surface area contributed by atoms with E-state index >= 15 is 0 Å². The van der Waals surface area contributed by atoms with E-state index < -0.39 is 15.6 Å². The summed E-state index contributed by atoms with van der Waals surface area (Å²) in [6.07, 6.45) is 0. The van der Waals surface area contributed by atoms with Gasteiger partial charge in [0.2, 0.25) is 10.0 Å². The summed E-state index contributed by atoms with van der Waals surface area (Å²) in [6.45, 7) is 1.84. The fraction of sp³-hybridized carbons (Fsp3) is 0.154. The maximum Gasteiger partial charge on any atom is 0.242 e. The van der Waals surface area contributed by atoms with Gasteiger partial charge in [0.15, 0.2) is 5.57 Å². The molecule has 0 heterocycles. The van der Waals surface area contributed by atoms with E-state index in [2.05, 4.69) is 10.0 Å². The predicted octanol–water partition coefficient (Wildman–Crippen LogP) is 1.22. The summed E-state index contributed by atoms with van der Waals surface area (Å²) in [7, 11) is -3.74. The highest BCUT2D eigenvalue weighted by Crippen LogP contribution is 2.22. The molecule has 0 aliphatic carbocycles. The van der Waals surface area contributed by atoms with Crippen LogP contribution in [-0.4, -0.2) is 15.0 Å². The Kier molecular flexibility index (Phi) is 5.45. The third-order valence-electron chi connectivity index (χ3n) is 2.36. The van der Waals surface area contributed by atoms with Crippen LogP contribution in [-0.2, 0) is 10.0 Å². The number of allylic oxidation sites excluding steroid dienone is 2. The molecule has 0 saturated carbocycles. The van der Waals surface area contributed by atoms with E-state index in [0.29, 0.717) is 0 Å². The summed E-state index contributed by atoms with van der Waals surface area (Å²) >= 11 is 0. The molecule has 0 fully saturated rings. The van der Waals surface area contributed by atoms with Gasteiger partial charge < -0.3 is 5.32 Å².